The maximum Gasteiger partial charge on any atom is 0.256 e. The summed E-state index contributed by atoms with van der Waals surface area (Å²) in [5.74, 6) is 3.14. The van der Waals surface area contributed by atoms with Gasteiger partial charge in [-0.05, 0) is 262 Å². The molecule has 17 aromatic rings. The fourth-order valence-electron chi connectivity index (χ4n) is 24.8. The van der Waals surface area contributed by atoms with Crippen molar-refractivity contribution in [2.24, 2.45) is 0 Å². The second-order valence-electron chi connectivity index (χ2n) is 39.3. The molecule has 132 heavy (non-hydrogen) atoms. The summed E-state index contributed by atoms with van der Waals surface area (Å²) in [6, 6.07) is 141. The van der Waals surface area contributed by atoms with Crippen LogP contribution in [-0.2, 0) is 21.7 Å². The SMILES string of the molecule is CC(C)(C)c1cc(-c2ccccc2)c(N2c3ccccc3B3c4cc5c(cc4Oc4cc(C6=CCC=CC7=C6C6(C8=C(C=CCC=C8)c8ccccc86)c6ccccc67)cc2c43)Oc2cc(-c3cccc4c3C3(c6ccccc6-c6ccccc63)c3ccccc3-4)cc3c2B5c2ccccc2N3c2c(-c3ccccc3)cc(C(C)(C)C)cc2-c2ccccc2)c(-c2ccccc2)c1. The van der Waals surface area contributed by atoms with E-state index in [2.05, 4.69) is 464 Å². The zero-order valence-corrected chi connectivity index (χ0v) is 74.5. The molecule has 622 valence electrons. The van der Waals surface area contributed by atoms with E-state index in [0.29, 0.717) is 0 Å². The molecular weight excluding hydrogens is 1600 g/mol. The quantitative estimate of drug-likeness (QED) is 0.142. The molecule has 4 aliphatic heterocycles. The van der Waals surface area contributed by atoms with E-state index in [1.165, 1.54) is 117 Å². The molecule has 1 atom stereocenters. The summed E-state index contributed by atoms with van der Waals surface area (Å²) in [5.41, 5.74) is 48.2. The number of hydrogen-bond acceptors (Lipinski definition) is 4. The predicted octanol–water partition coefficient (Wildman–Crippen LogP) is 28.2. The average molecular weight is 1690 g/mol. The third-order valence-corrected chi connectivity index (χ3v) is 30.3. The first-order valence-electron chi connectivity index (χ1n) is 46.9. The molecule has 0 saturated heterocycles. The number of anilines is 6. The van der Waals surface area contributed by atoms with Gasteiger partial charge in [-0.25, -0.2) is 0 Å². The molecule has 0 fully saturated rings. The highest BCUT2D eigenvalue weighted by atomic mass is 16.5. The number of para-hydroxylation sites is 2. The Morgan fingerprint density at radius 2 is 0.644 bits per heavy atom. The van der Waals surface area contributed by atoms with Crippen LogP contribution in [0.3, 0.4) is 0 Å². The normalized spacial score (nSPS) is 16.2. The van der Waals surface area contributed by atoms with Gasteiger partial charge < -0.3 is 19.3 Å². The lowest BCUT2D eigenvalue weighted by Crippen LogP contribution is -2.63. The van der Waals surface area contributed by atoms with Gasteiger partial charge in [-0.15, -0.1) is 0 Å². The van der Waals surface area contributed by atoms with E-state index in [4.69, 9.17) is 9.47 Å². The van der Waals surface area contributed by atoms with E-state index in [0.717, 1.165) is 153 Å². The highest BCUT2D eigenvalue weighted by Crippen LogP contribution is 2.68. The predicted molar refractivity (Wildman–Crippen MR) is 551 cm³/mol. The summed E-state index contributed by atoms with van der Waals surface area (Å²) in [6.45, 7) is 13.4. The van der Waals surface area contributed by atoms with Gasteiger partial charge in [0.05, 0.1) is 22.2 Å². The monoisotopic (exact) mass is 1680 g/mol. The molecule has 0 aromatic heterocycles. The summed E-state index contributed by atoms with van der Waals surface area (Å²) >= 11 is 0. The topological polar surface area (TPSA) is 24.9 Å². The summed E-state index contributed by atoms with van der Waals surface area (Å²) in [5, 5.41) is 0. The minimum atomic E-state index is -0.671. The molecule has 0 saturated carbocycles. The van der Waals surface area contributed by atoms with Crippen molar-refractivity contribution in [1.82, 2.24) is 0 Å². The van der Waals surface area contributed by atoms with Crippen LogP contribution in [0.15, 0.2) is 424 Å². The van der Waals surface area contributed by atoms with E-state index in [1.54, 1.807) is 0 Å². The van der Waals surface area contributed by atoms with Gasteiger partial charge in [0.25, 0.3) is 13.4 Å². The molecule has 0 N–H and O–H groups in total. The van der Waals surface area contributed by atoms with Crippen LogP contribution in [-0.4, -0.2) is 13.4 Å². The van der Waals surface area contributed by atoms with Crippen molar-refractivity contribution < 1.29 is 9.47 Å². The van der Waals surface area contributed by atoms with Crippen LogP contribution in [0, 0.1) is 0 Å². The second kappa shape index (κ2) is 28.5. The summed E-state index contributed by atoms with van der Waals surface area (Å²) in [7, 11) is 0. The van der Waals surface area contributed by atoms with Crippen molar-refractivity contribution in [1.29, 1.82) is 0 Å². The molecule has 10 aliphatic rings. The Balaban J connectivity index is 0.731. The fraction of sp³-hybridized carbons (Fsp3) is 0.0952. The van der Waals surface area contributed by atoms with Crippen molar-refractivity contribution in [2.75, 3.05) is 9.80 Å². The molecule has 0 bridgehead atoms. The Bertz CT molecular complexity index is 7910. The van der Waals surface area contributed by atoms with E-state index < -0.39 is 10.8 Å². The highest BCUT2D eigenvalue weighted by molar-refractivity contribution is 7.02. The number of ether oxygens (including phenoxy) is 2. The lowest BCUT2D eigenvalue weighted by atomic mass is 9.31. The standard InChI is InChI=1S/C126H90B2N2O2/c1-123(2,3)83-71-95(77-39-12-7-13-40-77)121(96(72-83)78-41-14-8-15-42-78)129-109-65-36-34-63-105(109)127-107-75-108-114(76-113(107)131-115-69-81(67-111(129)119(115)127)85-47-22-23-54-93-91-52-27-32-61-103(91)125(117(85)93)99-57-21-11-20-48-87(99)88-49-24-29-58-100(88)125)132-116-70-82(86-55-38-56-94-92-53-28-33-62-104(92)126(118(86)94)101-59-30-25-50-89(101)90-51-26-31-60-102(90)126)68-112-120(116)128(108)106-64-35-37-66-110(106)130(112)122-97(79-43-16-9-17-44-79)73-84(124(4,5)6)74-98(122)80-45-18-10-19-46-80/h7-10,12-21,23-76H,11,22H2,1-6H3. The number of fused-ring (bicyclic) bond motifs is 26. The van der Waals surface area contributed by atoms with Crippen molar-refractivity contribution in [3.05, 3.63) is 485 Å². The first-order chi connectivity index (χ1) is 64.8. The average Bonchev–Trinajstić information content (AvgIpc) is 1.54. The number of benzene rings is 17. The van der Waals surface area contributed by atoms with Gasteiger partial charge in [0.2, 0.25) is 0 Å². The Labute approximate surface area is 772 Å². The Kier molecular flexibility index (Phi) is 16.5. The zero-order valence-electron chi connectivity index (χ0n) is 74.5. The van der Waals surface area contributed by atoms with Crippen LogP contribution in [0.1, 0.15) is 116 Å². The molecule has 4 heterocycles. The van der Waals surface area contributed by atoms with Crippen molar-refractivity contribution >= 4 is 97.0 Å². The maximum absolute atomic E-state index is 8.26. The summed E-state index contributed by atoms with van der Waals surface area (Å²) in [4.78, 5) is 5.31. The Morgan fingerprint density at radius 3 is 1.12 bits per heavy atom. The number of allylic oxidation sites excluding steroid dienone is 12. The summed E-state index contributed by atoms with van der Waals surface area (Å²) in [6.07, 6.45) is 18.5. The van der Waals surface area contributed by atoms with E-state index in [1.807, 2.05) is 0 Å². The van der Waals surface area contributed by atoms with Crippen LogP contribution < -0.4 is 52.1 Å². The van der Waals surface area contributed by atoms with Gasteiger partial charge >= 0.3 is 0 Å². The molecule has 27 rings (SSSR count). The van der Waals surface area contributed by atoms with E-state index in [9.17, 15) is 0 Å². The smallest absolute Gasteiger partial charge is 0.256 e. The molecule has 17 aromatic carbocycles. The van der Waals surface area contributed by atoms with Gasteiger partial charge in [0.15, 0.2) is 0 Å². The molecule has 0 amide bonds. The van der Waals surface area contributed by atoms with Gasteiger partial charge in [-0.1, -0.05) is 387 Å². The van der Waals surface area contributed by atoms with Crippen LogP contribution in [0.4, 0.5) is 34.1 Å². The van der Waals surface area contributed by atoms with Crippen LogP contribution in [0.2, 0.25) is 0 Å². The van der Waals surface area contributed by atoms with Gasteiger partial charge in [-0.2, -0.15) is 0 Å². The lowest BCUT2D eigenvalue weighted by Gasteiger charge is -2.44. The van der Waals surface area contributed by atoms with Gasteiger partial charge in [0, 0.05) is 51.1 Å². The number of hydrogen-bond donors (Lipinski definition) is 0. The van der Waals surface area contributed by atoms with Gasteiger partial charge in [0.1, 0.15) is 23.0 Å². The minimum Gasteiger partial charge on any atom is -0.458 e. The molecular formula is C126H90B2N2O2. The molecule has 6 heteroatoms. The van der Waals surface area contributed by atoms with Crippen molar-refractivity contribution in [3.63, 3.8) is 0 Å². The largest absolute Gasteiger partial charge is 0.458 e. The third-order valence-electron chi connectivity index (χ3n) is 30.3. The fourth-order valence-corrected chi connectivity index (χ4v) is 24.8. The first-order valence-corrected chi connectivity index (χ1v) is 46.9. The molecule has 1 unspecified atom stereocenters. The van der Waals surface area contributed by atoms with Gasteiger partial charge in [-0.3, -0.25) is 0 Å². The summed E-state index contributed by atoms with van der Waals surface area (Å²) < 4.78 is 16.5. The second-order valence-corrected chi connectivity index (χ2v) is 39.3. The molecule has 0 radical (unpaired) electrons. The molecule has 4 nitrogen and oxygen atoms in total. The molecule has 2 spiro atoms. The maximum atomic E-state index is 8.26. The number of nitrogens with zero attached hydrogens (tertiary/aromatic N) is 2. The zero-order chi connectivity index (χ0) is 87.8. The molecule has 6 aliphatic carbocycles. The number of rotatable bonds is 8. The van der Waals surface area contributed by atoms with E-state index >= 15 is 0 Å². The highest BCUT2D eigenvalue weighted by Gasteiger charge is 2.57. The van der Waals surface area contributed by atoms with Crippen LogP contribution in [0.25, 0.3) is 94.6 Å². The first kappa shape index (κ1) is 76.5. The van der Waals surface area contributed by atoms with Crippen molar-refractivity contribution in [3.8, 4) is 101 Å². The van der Waals surface area contributed by atoms with Crippen LogP contribution >= 0.6 is 0 Å². The van der Waals surface area contributed by atoms with Crippen LogP contribution in [0.5, 0.6) is 23.0 Å². The Morgan fingerprint density at radius 1 is 0.273 bits per heavy atom. The van der Waals surface area contributed by atoms with Crippen molar-refractivity contribution in [2.45, 2.75) is 76.0 Å². The van der Waals surface area contributed by atoms with E-state index in [-0.39, 0.29) is 24.3 Å². The Hall–Kier alpha value is -15.5. The third kappa shape index (κ3) is 10.7. The minimum absolute atomic E-state index is 0.211. The lowest BCUT2D eigenvalue weighted by molar-refractivity contribution is 0.466.